The van der Waals surface area contributed by atoms with Crippen LogP contribution in [0, 0.1) is 0 Å². The Balaban J connectivity index is 2.44. The lowest BCUT2D eigenvalue weighted by molar-refractivity contribution is 0.515. The van der Waals surface area contributed by atoms with Gasteiger partial charge in [-0.1, -0.05) is 22.9 Å². The van der Waals surface area contributed by atoms with E-state index < -0.39 is 0 Å². The van der Waals surface area contributed by atoms with Crippen LogP contribution in [-0.2, 0) is 6.42 Å². The number of halogens is 1. The topological polar surface area (TPSA) is 29.9 Å². The molecule has 2 rings (SSSR count). The van der Waals surface area contributed by atoms with Crippen molar-refractivity contribution >= 4 is 27.0 Å². The molecule has 1 atom stereocenters. The molecule has 2 aromatic rings. The van der Waals surface area contributed by atoms with Crippen LogP contribution in [0.25, 0.3) is 11.0 Å². The number of nitrogens with zero attached hydrogens (tertiary/aromatic N) is 2. The second-order valence-electron chi connectivity index (χ2n) is 5.29. The Kier molecular flexibility index (Phi) is 4.63. The number of aromatic nitrogens is 2. The van der Waals surface area contributed by atoms with Crippen molar-refractivity contribution in [3.8, 4) is 0 Å². The predicted molar refractivity (Wildman–Crippen MR) is 84.7 cm³/mol. The van der Waals surface area contributed by atoms with Crippen molar-refractivity contribution in [2.75, 3.05) is 6.54 Å². The van der Waals surface area contributed by atoms with Crippen molar-refractivity contribution in [2.45, 2.75) is 46.2 Å². The fourth-order valence-electron chi connectivity index (χ4n) is 2.54. The molecule has 1 aromatic heterocycles. The fraction of sp³-hybridized carbons (Fsp3) is 0.533. The number of hydrogen-bond donors (Lipinski definition) is 1. The molecule has 0 spiro atoms. The van der Waals surface area contributed by atoms with Gasteiger partial charge in [0, 0.05) is 23.0 Å². The van der Waals surface area contributed by atoms with Crippen molar-refractivity contribution in [2.24, 2.45) is 0 Å². The molecule has 1 unspecified atom stereocenters. The minimum atomic E-state index is 0.426. The summed E-state index contributed by atoms with van der Waals surface area (Å²) in [4.78, 5) is 4.81. The molecule has 0 aliphatic heterocycles. The highest BCUT2D eigenvalue weighted by Crippen LogP contribution is 2.24. The van der Waals surface area contributed by atoms with E-state index in [0.29, 0.717) is 12.1 Å². The Hall–Kier alpha value is -0.870. The molecule has 1 aromatic carbocycles. The quantitative estimate of drug-likeness (QED) is 0.903. The summed E-state index contributed by atoms with van der Waals surface area (Å²) in [6.45, 7) is 9.77. The van der Waals surface area contributed by atoms with Gasteiger partial charge in [-0.3, -0.25) is 0 Å². The van der Waals surface area contributed by atoms with E-state index in [4.69, 9.17) is 4.98 Å². The van der Waals surface area contributed by atoms with E-state index in [1.54, 1.807) is 0 Å². The van der Waals surface area contributed by atoms with Crippen molar-refractivity contribution < 1.29 is 0 Å². The first-order valence-corrected chi connectivity index (χ1v) is 7.72. The summed E-state index contributed by atoms with van der Waals surface area (Å²) < 4.78 is 3.43. The monoisotopic (exact) mass is 323 g/mol. The maximum atomic E-state index is 4.81. The molecule has 19 heavy (non-hydrogen) atoms. The molecule has 0 aliphatic carbocycles. The van der Waals surface area contributed by atoms with Gasteiger partial charge in [0.05, 0.1) is 11.0 Å². The minimum Gasteiger partial charge on any atom is -0.325 e. The molecule has 0 radical (unpaired) electrons. The second-order valence-corrected chi connectivity index (χ2v) is 6.20. The van der Waals surface area contributed by atoms with E-state index in [1.165, 1.54) is 5.52 Å². The minimum absolute atomic E-state index is 0.426. The van der Waals surface area contributed by atoms with E-state index in [9.17, 15) is 0 Å². The zero-order valence-corrected chi connectivity index (χ0v) is 13.7. The van der Waals surface area contributed by atoms with Gasteiger partial charge in [-0.15, -0.1) is 0 Å². The lowest BCUT2D eigenvalue weighted by Gasteiger charge is -2.16. The molecule has 0 saturated carbocycles. The summed E-state index contributed by atoms with van der Waals surface area (Å²) >= 11 is 3.52. The zero-order chi connectivity index (χ0) is 14.0. The van der Waals surface area contributed by atoms with E-state index in [0.717, 1.165) is 28.8 Å². The Labute approximate surface area is 123 Å². The van der Waals surface area contributed by atoms with Crippen LogP contribution in [0.2, 0.25) is 0 Å². The first kappa shape index (κ1) is 14.5. The van der Waals surface area contributed by atoms with Crippen molar-refractivity contribution in [1.29, 1.82) is 0 Å². The van der Waals surface area contributed by atoms with Gasteiger partial charge < -0.3 is 9.88 Å². The normalized spacial score (nSPS) is 13.4. The van der Waals surface area contributed by atoms with Gasteiger partial charge in [-0.25, -0.2) is 4.98 Å². The van der Waals surface area contributed by atoms with Crippen LogP contribution in [0.15, 0.2) is 22.7 Å². The molecule has 104 valence electrons. The highest BCUT2D eigenvalue weighted by atomic mass is 79.9. The summed E-state index contributed by atoms with van der Waals surface area (Å²) in [5, 5.41) is 3.45. The lowest BCUT2D eigenvalue weighted by Crippen LogP contribution is -2.29. The van der Waals surface area contributed by atoms with Gasteiger partial charge in [0.1, 0.15) is 5.82 Å². The smallest absolute Gasteiger partial charge is 0.111 e. The maximum Gasteiger partial charge on any atom is 0.111 e. The van der Waals surface area contributed by atoms with E-state index >= 15 is 0 Å². The molecule has 0 amide bonds. The number of likely N-dealkylation sites (N-methyl/N-ethyl adjacent to an activating group) is 1. The molecular formula is C15H22BrN3. The second kappa shape index (κ2) is 6.06. The summed E-state index contributed by atoms with van der Waals surface area (Å²) in [7, 11) is 0. The molecule has 0 fully saturated rings. The fourth-order valence-corrected chi connectivity index (χ4v) is 2.89. The van der Waals surface area contributed by atoms with E-state index in [1.807, 2.05) is 0 Å². The molecule has 0 saturated heterocycles. The van der Waals surface area contributed by atoms with Crippen LogP contribution in [0.4, 0.5) is 0 Å². The summed E-state index contributed by atoms with van der Waals surface area (Å²) in [5.41, 5.74) is 2.29. The zero-order valence-electron chi connectivity index (χ0n) is 12.1. The number of rotatable bonds is 5. The number of benzene rings is 1. The van der Waals surface area contributed by atoms with Crippen molar-refractivity contribution in [3.63, 3.8) is 0 Å². The van der Waals surface area contributed by atoms with Crippen molar-refractivity contribution in [1.82, 2.24) is 14.9 Å². The average Bonchev–Trinajstić information content (AvgIpc) is 2.65. The molecule has 0 bridgehead atoms. The highest BCUT2D eigenvalue weighted by Gasteiger charge is 2.15. The third-order valence-corrected chi connectivity index (χ3v) is 3.78. The Morgan fingerprint density at radius 1 is 1.32 bits per heavy atom. The summed E-state index contributed by atoms with van der Waals surface area (Å²) in [5.74, 6) is 1.16. The average molecular weight is 324 g/mol. The van der Waals surface area contributed by atoms with Gasteiger partial charge in [-0.2, -0.15) is 0 Å². The van der Waals surface area contributed by atoms with Crippen LogP contribution < -0.4 is 5.32 Å². The van der Waals surface area contributed by atoms with Crippen LogP contribution in [0.3, 0.4) is 0 Å². The summed E-state index contributed by atoms with van der Waals surface area (Å²) in [6.07, 6.45) is 0.957. The first-order valence-electron chi connectivity index (χ1n) is 6.92. The summed E-state index contributed by atoms with van der Waals surface area (Å²) in [6, 6.07) is 7.20. The van der Waals surface area contributed by atoms with Crippen LogP contribution in [0.5, 0.6) is 0 Å². The Bertz CT molecular complexity index is 560. The first-order chi connectivity index (χ1) is 9.02. The molecule has 0 aliphatic rings. The molecule has 4 heteroatoms. The van der Waals surface area contributed by atoms with Crippen LogP contribution >= 0.6 is 15.9 Å². The largest absolute Gasteiger partial charge is 0.325 e. The molecular weight excluding hydrogens is 302 g/mol. The maximum absolute atomic E-state index is 4.81. The number of fused-ring (bicyclic) bond motifs is 1. The van der Waals surface area contributed by atoms with Gasteiger partial charge in [0.2, 0.25) is 0 Å². The number of hydrogen-bond acceptors (Lipinski definition) is 2. The lowest BCUT2D eigenvalue weighted by atomic mass is 10.2. The van der Waals surface area contributed by atoms with Crippen LogP contribution in [-0.4, -0.2) is 22.1 Å². The molecule has 1 N–H and O–H groups in total. The third-order valence-electron chi connectivity index (χ3n) is 3.28. The highest BCUT2D eigenvalue weighted by molar-refractivity contribution is 9.10. The standard InChI is InChI=1S/C15H22BrN3/c1-5-17-11(4)8-15-18-13-9-12(16)6-7-14(13)19(15)10(2)3/h6-7,9-11,17H,5,8H2,1-4H3. The predicted octanol–water partition coefficient (Wildman–Crippen LogP) is 3.92. The van der Waals surface area contributed by atoms with Gasteiger partial charge in [-0.05, 0) is 45.5 Å². The number of imidazole rings is 1. The Morgan fingerprint density at radius 2 is 2.05 bits per heavy atom. The van der Waals surface area contributed by atoms with Crippen molar-refractivity contribution in [3.05, 3.63) is 28.5 Å². The Morgan fingerprint density at radius 3 is 2.68 bits per heavy atom. The molecule has 3 nitrogen and oxygen atoms in total. The van der Waals surface area contributed by atoms with E-state index in [2.05, 4.69) is 71.7 Å². The third kappa shape index (κ3) is 3.18. The number of nitrogens with one attached hydrogen (secondary N) is 1. The molecule has 1 heterocycles. The van der Waals surface area contributed by atoms with E-state index in [-0.39, 0.29) is 0 Å². The van der Waals surface area contributed by atoms with Gasteiger partial charge in [0.15, 0.2) is 0 Å². The van der Waals surface area contributed by atoms with Gasteiger partial charge >= 0.3 is 0 Å². The van der Waals surface area contributed by atoms with Gasteiger partial charge in [0.25, 0.3) is 0 Å². The SMILES string of the molecule is CCNC(C)Cc1nc2cc(Br)ccc2n1C(C)C. The van der Waals surface area contributed by atoms with Crippen LogP contribution in [0.1, 0.15) is 39.6 Å².